The van der Waals surface area contributed by atoms with Crippen molar-refractivity contribution in [2.45, 2.75) is 32.4 Å². The number of para-hydroxylation sites is 2. The molecule has 1 aliphatic heterocycles. The van der Waals surface area contributed by atoms with E-state index in [2.05, 4.69) is 42.9 Å². The van der Waals surface area contributed by atoms with Crippen molar-refractivity contribution >= 4 is 5.69 Å². The molecule has 0 aliphatic carbocycles. The second-order valence-electron chi connectivity index (χ2n) is 6.50. The van der Waals surface area contributed by atoms with Crippen LogP contribution in [0.25, 0.3) is 0 Å². The van der Waals surface area contributed by atoms with Crippen LogP contribution in [0.15, 0.2) is 48.5 Å². The van der Waals surface area contributed by atoms with Crippen molar-refractivity contribution < 1.29 is 4.74 Å². The second kappa shape index (κ2) is 7.02. The normalized spacial score (nSPS) is 20.8. The number of benzene rings is 2. The molecule has 0 radical (unpaired) electrons. The topological polar surface area (TPSA) is 59.3 Å². The van der Waals surface area contributed by atoms with Gasteiger partial charge in [0.1, 0.15) is 5.75 Å². The molecule has 0 saturated carbocycles. The van der Waals surface area contributed by atoms with Crippen LogP contribution in [0, 0.1) is 5.92 Å². The SMILES string of the molecule is CC(C)COc1ccccc1C1CC(c2ccccc2N)NN1. The van der Waals surface area contributed by atoms with Gasteiger partial charge in [0.05, 0.1) is 18.7 Å². The summed E-state index contributed by atoms with van der Waals surface area (Å²) in [5.41, 5.74) is 16.0. The summed E-state index contributed by atoms with van der Waals surface area (Å²) < 4.78 is 5.98. The first-order chi connectivity index (χ1) is 11.1. The highest BCUT2D eigenvalue weighted by molar-refractivity contribution is 5.49. The number of anilines is 1. The number of ether oxygens (including phenoxy) is 1. The summed E-state index contributed by atoms with van der Waals surface area (Å²) in [5.74, 6) is 1.47. The van der Waals surface area contributed by atoms with Gasteiger partial charge in [-0.05, 0) is 30.0 Å². The number of nitrogen functional groups attached to an aromatic ring is 1. The van der Waals surface area contributed by atoms with Crippen molar-refractivity contribution in [3.63, 3.8) is 0 Å². The predicted molar refractivity (Wildman–Crippen MR) is 94.0 cm³/mol. The molecule has 0 spiro atoms. The zero-order valence-corrected chi connectivity index (χ0v) is 13.8. The van der Waals surface area contributed by atoms with E-state index in [4.69, 9.17) is 10.5 Å². The van der Waals surface area contributed by atoms with Gasteiger partial charge >= 0.3 is 0 Å². The Bertz CT molecular complexity index is 657. The van der Waals surface area contributed by atoms with Crippen LogP contribution in [-0.2, 0) is 0 Å². The van der Waals surface area contributed by atoms with Crippen molar-refractivity contribution in [2.75, 3.05) is 12.3 Å². The predicted octanol–water partition coefficient (Wildman–Crippen LogP) is 3.58. The molecule has 3 rings (SSSR count). The molecule has 2 unspecified atom stereocenters. The number of hydrogen-bond acceptors (Lipinski definition) is 4. The van der Waals surface area contributed by atoms with Crippen molar-refractivity contribution in [3.8, 4) is 5.75 Å². The van der Waals surface area contributed by atoms with Crippen LogP contribution in [-0.4, -0.2) is 6.61 Å². The van der Waals surface area contributed by atoms with Crippen LogP contribution in [0.1, 0.15) is 43.5 Å². The van der Waals surface area contributed by atoms with Gasteiger partial charge in [-0.25, -0.2) is 10.9 Å². The summed E-state index contributed by atoms with van der Waals surface area (Å²) in [7, 11) is 0. The van der Waals surface area contributed by atoms with Crippen molar-refractivity contribution in [3.05, 3.63) is 59.7 Å². The standard InChI is InChI=1S/C19H25N3O/c1-13(2)12-23-19-10-6-4-8-15(19)18-11-17(21-22-18)14-7-3-5-9-16(14)20/h3-10,13,17-18,21-22H,11-12,20H2,1-2H3. The molecule has 4 nitrogen and oxygen atoms in total. The van der Waals surface area contributed by atoms with E-state index < -0.39 is 0 Å². The van der Waals surface area contributed by atoms with E-state index in [0.717, 1.165) is 30.0 Å². The zero-order chi connectivity index (χ0) is 16.2. The van der Waals surface area contributed by atoms with E-state index >= 15 is 0 Å². The molecule has 0 bridgehead atoms. The minimum atomic E-state index is 0.208. The molecule has 4 N–H and O–H groups in total. The van der Waals surface area contributed by atoms with Crippen LogP contribution < -0.4 is 21.3 Å². The molecule has 2 aromatic carbocycles. The highest BCUT2D eigenvalue weighted by Gasteiger charge is 2.28. The van der Waals surface area contributed by atoms with Gasteiger partial charge in [-0.2, -0.15) is 0 Å². The van der Waals surface area contributed by atoms with Crippen LogP contribution in [0.4, 0.5) is 5.69 Å². The first-order valence-corrected chi connectivity index (χ1v) is 8.22. The highest BCUT2D eigenvalue weighted by atomic mass is 16.5. The monoisotopic (exact) mass is 311 g/mol. The van der Waals surface area contributed by atoms with E-state index in [9.17, 15) is 0 Å². The van der Waals surface area contributed by atoms with Crippen LogP contribution >= 0.6 is 0 Å². The van der Waals surface area contributed by atoms with Gasteiger partial charge in [-0.3, -0.25) is 0 Å². The third kappa shape index (κ3) is 3.66. The Hall–Kier alpha value is -2.04. The fourth-order valence-electron chi connectivity index (χ4n) is 2.95. The second-order valence-corrected chi connectivity index (χ2v) is 6.50. The minimum Gasteiger partial charge on any atom is -0.493 e. The minimum absolute atomic E-state index is 0.208. The Morgan fingerprint density at radius 3 is 2.30 bits per heavy atom. The molecular formula is C19H25N3O. The molecule has 1 saturated heterocycles. The number of rotatable bonds is 5. The molecular weight excluding hydrogens is 286 g/mol. The lowest BCUT2D eigenvalue weighted by Crippen LogP contribution is -2.27. The lowest BCUT2D eigenvalue weighted by atomic mass is 9.96. The quantitative estimate of drug-likeness (QED) is 0.739. The number of hydrogen-bond donors (Lipinski definition) is 3. The average Bonchev–Trinajstić information content (AvgIpc) is 3.03. The Morgan fingerprint density at radius 2 is 1.61 bits per heavy atom. The molecule has 0 amide bonds. The number of nitrogens with one attached hydrogen (secondary N) is 2. The Kier molecular flexibility index (Phi) is 4.84. The summed E-state index contributed by atoms with van der Waals surface area (Å²) in [6, 6.07) is 16.7. The maximum Gasteiger partial charge on any atom is 0.124 e. The van der Waals surface area contributed by atoms with Crippen LogP contribution in [0.3, 0.4) is 0 Å². The maximum absolute atomic E-state index is 6.10. The van der Waals surface area contributed by atoms with Crippen LogP contribution in [0.2, 0.25) is 0 Å². The summed E-state index contributed by atoms with van der Waals surface area (Å²) in [6.07, 6.45) is 0.941. The largest absolute Gasteiger partial charge is 0.493 e. The summed E-state index contributed by atoms with van der Waals surface area (Å²) in [6.45, 7) is 5.05. The van der Waals surface area contributed by atoms with Crippen molar-refractivity contribution in [1.29, 1.82) is 0 Å². The smallest absolute Gasteiger partial charge is 0.124 e. The molecule has 23 heavy (non-hydrogen) atoms. The summed E-state index contributed by atoms with van der Waals surface area (Å²) in [4.78, 5) is 0. The molecule has 122 valence electrons. The number of nitrogens with two attached hydrogens (primary N) is 1. The van der Waals surface area contributed by atoms with E-state index in [-0.39, 0.29) is 12.1 Å². The first kappa shape index (κ1) is 15.8. The molecule has 2 aromatic rings. The fourth-order valence-corrected chi connectivity index (χ4v) is 2.95. The Balaban J connectivity index is 1.75. The van der Waals surface area contributed by atoms with Gasteiger partial charge in [0.15, 0.2) is 0 Å². The van der Waals surface area contributed by atoms with E-state index in [1.165, 1.54) is 5.56 Å². The van der Waals surface area contributed by atoms with Gasteiger partial charge in [-0.1, -0.05) is 50.2 Å². The lowest BCUT2D eigenvalue weighted by Gasteiger charge is -2.17. The van der Waals surface area contributed by atoms with Gasteiger partial charge in [0.25, 0.3) is 0 Å². The Labute approximate surface area is 138 Å². The Morgan fingerprint density at radius 1 is 1.00 bits per heavy atom. The molecule has 1 heterocycles. The molecule has 0 aromatic heterocycles. The van der Waals surface area contributed by atoms with E-state index in [1.807, 2.05) is 30.3 Å². The van der Waals surface area contributed by atoms with Gasteiger partial charge in [-0.15, -0.1) is 0 Å². The number of hydrazine groups is 1. The van der Waals surface area contributed by atoms with Crippen molar-refractivity contribution in [1.82, 2.24) is 10.9 Å². The van der Waals surface area contributed by atoms with Crippen LogP contribution in [0.5, 0.6) is 5.75 Å². The zero-order valence-electron chi connectivity index (χ0n) is 13.8. The maximum atomic E-state index is 6.10. The fraction of sp³-hybridized carbons (Fsp3) is 0.368. The third-order valence-corrected chi connectivity index (χ3v) is 4.14. The molecule has 1 aliphatic rings. The van der Waals surface area contributed by atoms with Gasteiger partial charge < -0.3 is 10.5 Å². The summed E-state index contributed by atoms with van der Waals surface area (Å²) in [5, 5.41) is 0. The van der Waals surface area contributed by atoms with Gasteiger partial charge in [0, 0.05) is 11.3 Å². The average molecular weight is 311 g/mol. The molecule has 1 fully saturated rings. The third-order valence-electron chi connectivity index (χ3n) is 4.14. The highest BCUT2D eigenvalue weighted by Crippen LogP contribution is 2.36. The van der Waals surface area contributed by atoms with E-state index in [0.29, 0.717) is 5.92 Å². The van der Waals surface area contributed by atoms with E-state index in [1.54, 1.807) is 0 Å². The summed E-state index contributed by atoms with van der Waals surface area (Å²) >= 11 is 0. The van der Waals surface area contributed by atoms with Crippen molar-refractivity contribution in [2.24, 2.45) is 5.92 Å². The molecule has 4 heteroatoms. The lowest BCUT2D eigenvalue weighted by molar-refractivity contribution is 0.266. The first-order valence-electron chi connectivity index (χ1n) is 8.22. The molecule has 2 atom stereocenters. The van der Waals surface area contributed by atoms with Gasteiger partial charge in [0.2, 0.25) is 0 Å².